The molecule has 1 aromatic heterocycles. The molecule has 140 valence electrons. The highest BCUT2D eigenvalue weighted by molar-refractivity contribution is 5.77. The van der Waals surface area contributed by atoms with Gasteiger partial charge < -0.3 is 9.88 Å². The number of aromatic nitrogens is 2. The quantitative estimate of drug-likeness (QED) is 0.696. The van der Waals surface area contributed by atoms with Crippen molar-refractivity contribution in [3.05, 3.63) is 76.1 Å². The zero-order valence-corrected chi connectivity index (χ0v) is 15.2. The Kier molecular flexibility index (Phi) is 5.96. The lowest BCUT2D eigenvalue weighted by Crippen LogP contribution is -2.30. The second-order valence-electron chi connectivity index (χ2n) is 6.42. The minimum absolute atomic E-state index is 0.00453. The Labute approximate surface area is 156 Å². The third-order valence-electron chi connectivity index (χ3n) is 4.46. The van der Waals surface area contributed by atoms with E-state index in [0.29, 0.717) is 49.1 Å². The fraction of sp³-hybridized carbons (Fsp3) is 0.286. The van der Waals surface area contributed by atoms with Gasteiger partial charge >= 0.3 is 0 Å². The molecule has 27 heavy (non-hydrogen) atoms. The lowest BCUT2D eigenvalue weighted by atomic mass is 10.1. The number of amides is 1. The van der Waals surface area contributed by atoms with Crippen LogP contribution in [0.4, 0.5) is 4.39 Å². The molecule has 0 atom stereocenters. The first kappa shape index (κ1) is 18.8. The fourth-order valence-corrected chi connectivity index (χ4v) is 3.05. The summed E-state index contributed by atoms with van der Waals surface area (Å²) in [4.78, 5) is 33.5. The van der Waals surface area contributed by atoms with Gasteiger partial charge in [0, 0.05) is 25.9 Å². The number of aromatic amines is 1. The molecular formula is C21H22FN3O2. The van der Waals surface area contributed by atoms with Crippen molar-refractivity contribution in [2.24, 2.45) is 0 Å². The summed E-state index contributed by atoms with van der Waals surface area (Å²) >= 11 is 0. The van der Waals surface area contributed by atoms with Crippen molar-refractivity contribution < 1.29 is 9.18 Å². The fourth-order valence-electron chi connectivity index (χ4n) is 3.05. The van der Waals surface area contributed by atoms with E-state index in [-0.39, 0.29) is 17.3 Å². The molecule has 0 aliphatic rings. The Balaban J connectivity index is 1.59. The van der Waals surface area contributed by atoms with Gasteiger partial charge in [-0.25, -0.2) is 9.37 Å². The maximum atomic E-state index is 13.3. The van der Waals surface area contributed by atoms with E-state index in [1.165, 1.54) is 12.1 Å². The number of carbonyl (C=O) groups is 1. The number of fused-ring (bicyclic) bond motifs is 1. The smallest absolute Gasteiger partial charge is 0.258 e. The molecule has 0 unspecified atom stereocenters. The minimum Gasteiger partial charge on any atom is -0.339 e. The molecular weight excluding hydrogens is 345 g/mol. The first-order chi connectivity index (χ1) is 13.1. The van der Waals surface area contributed by atoms with Crippen molar-refractivity contribution in [1.82, 2.24) is 14.9 Å². The molecule has 0 spiro atoms. The Hall–Kier alpha value is -3.02. The van der Waals surface area contributed by atoms with E-state index < -0.39 is 0 Å². The molecule has 1 amide bonds. The molecule has 3 rings (SSSR count). The highest BCUT2D eigenvalue weighted by Gasteiger charge is 2.13. The zero-order chi connectivity index (χ0) is 19.2. The van der Waals surface area contributed by atoms with Gasteiger partial charge in [-0.2, -0.15) is 0 Å². The monoisotopic (exact) mass is 367 g/mol. The maximum Gasteiger partial charge on any atom is 0.258 e. The van der Waals surface area contributed by atoms with E-state index in [0.717, 1.165) is 5.56 Å². The van der Waals surface area contributed by atoms with Gasteiger partial charge in [-0.3, -0.25) is 9.59 Å². The first-order valence-corrected chi connectivity index (χ1v) is 9.07. The number of hydrogen-bond donors (Lipinski definition) is 1. The van der Waals surface area contributed by atoms with Crippen LogP contribution in [0.2, 0.25) is 0 Å². The number of benzene rings is 2. The van der Waals surface area contributed by atoms with Crippen molar-refractivity contribution in [2.75, 3.05) is 6.54 Å². The minimum atomic E-state index is -0.303. The molecule has 5 nitrogen and oxygen atoms in total. The predicted molar refractivity (Wildman–Crippen MR) is 103 cm³/mol. The molecule has 6 heteroatoms. The van der Waals surface area contributed by atoms with Gasteiger partial charge in [0.05, 0.1) is 10.9 Å². The molecule has 1 N–H and O–H groups in total. The Morgan fingerprint density at radius 2 is 2.00 bits per heavy atom. The second-order valence-corrected chi connectivity index (χ2v) is 6.42. The molecule has 3 aromatic rings. The zero-order valence-electron chi connectivity index (χ0n) is 15.2. The average molecular weight is 367 g/mol. The van der Waals surface area contributed by atoms with Crippen molar-refractivity contribution in [1.29, 1.82) is 0 Å². The average Bonchev–Trinajstić information content (AvgIpc) is 2.66. The second kappa shape index (κ2) is 8.58. The summed E-state index contributed by atoms with van der Waals surface area (Å²) in [6.07, 6.45) is 1.45. The number of halogens is 1. The van der Waals surface area contributed by atoms with E-state index in [1.807, 2.05) is 19.1 Å². The standard InChI is InChI=1S/C21H22FN3O2/c1-2-25(14-15-7-5-8-16(22)13-15)20(26)12-6-11-19-23-18-10-4-3-9-17(18)21(27)24-19/h3-5,7-10,13H,2,6,11-12,14H2,1H3,(H,23,24,27). The molecule has 0 aliphatic carbocycles. The lowest BCUT2D eigenvalue weighted by molar-refractivity contribution is -0.131. The van der Waals surface area contributed by atoms with Crippen molar-refractivity contribution in [3.8, 4) is 0 Å². The summed E-state index contributed by atoms with van der Waals surface area (Å²) in [6, 6.07) is 13.5. The molecule has 1 heterocycles. The van der Waals surface area contributed by atoms with Crippen LogP contribution in [-0.4, -0.2) is 27.3 Å². The largest absolute Gasteiger partial charge is 0.339 e. The van der Waals surface area contributed by atoms with Gasteiger partial charge in [-0.15, -0.1) is 0 Å². The van der Waals surface area contributed by atoms with Crippen LogP contribution >= 0.6 is 0 Å². The van der Waals surface area contributed by atoms with Crippen LogP contribution in [0.15, 0.2) is 53.3 Å². The topological polar surface area (TPSA) is 66.1 Å². The van der Waals surface area contributed by atoms with E-state index in [9.17, 15) is 14.0 Å². The van der Waals surface area contributed by atoms with E-state index >= 15 is 0 Å². The van der Waals surface area contributed by atoms with Gasteiger partial charge in [0.25, 0.3) is 5.56 Å². The van der Waals surface area contributed by atoms with Gasteiger partial charge in [-0.1, -0.05) is 24.3 Å². The normalized spacial score (nSPS) is 10.9. The van der Waals surface area contributed by atoms with Gasteiger partial charge in [0.1, 0.15) is 11.6 Å². The summed E-state index contributed by atoms with van der Waals surface area (Å²) in [5.74, 6) is 0.284. The van der Waals surface area contributed by atoms with Crippen molar-refractivity contribution in [3.63, 3.8) is 0 Å². The number of H-pyrrole nitrogens is 1. The van der Waals surface area contributed by atoms with Crippen LogP contribution in [0.5, 0.6) is 0 Å². The van der Waals surface area contributed by atoms with Gasteiger partial charge in [0.2, 0.25) is 5.91 Å². The molecule has 0 saturated heterocycles. The Morgan fingerprint density at radius 1 is 1.19 bits per heavy atom. The highest BCUT2D eigenvalue weighted by atomic mass is 19.1. The summed E-state index contributed by atoms with van der Waals surface area (Å²) in [5, 5.41) is 0.560. The van der Waals surface area contributed by atoms with Crippen LogP contribution in [0.25, 0.3) is 10.9 Å². The van der Waals surface area contributed by atoms with Crippen molar-refractivity contribution >= 4 is 16.8 Å². The summed E-state index contributed by atoms with van der Waals surface area (Å²) in [7, 11) is 0. The predicted octanol–water partition coefficient (Wildman–Crippen LogP) is 3.43. The Bertz CT molecular complexity index is 1000. The molecule has 0 bridgehead atoms. The van der Waals surface area contributed by atoms with Crippen LogP contribution in [0, 0.1) is 5.82 Å². The number of aryl methyl sites for hydroxylation is 1. The molecule has 0 saturated carbocycles. The van der Waals surface area contributed by atoms with E-state index in [2.05, 4.69) is 9.97 Å². The van der Waals surface area contributed by atoms with E-state index in [1.54, 1.807) is 29.2 Å². The molecule has 2 aromatic carbocycles. The number of rotatable bonds is 7. The number of carbonyl (C=O) groups excluding carboxylic acids is 1. The van der Waals surface area contributed by atoms with E-state index in [4.69, 9.17) is 0 Å². The number of nitrogens with one attached hydrogen (secondary N) is 1. The van der Waals surface area contributed by atoms with Crippen LogP contribution in [0.1, 0.15) is 31.2 Å². The summed E-state index contributed by atoms with van der Waals surface area (Å²) in [5.41, 5.74) is 1.26. The number of nitrogens with zero attached hydrogens (tertiary/aromatic N) is 2. The third-order valence-corrected chi connectivity index (χ3v) is 4.46. The SMILES string of the molecule is CCN(Cc1cccc(F)c1)C(=O)CCCc1nc2ccccc2c(=O)[nH]1. The first-order valence-electron chi connectivity index (χ1n) is 9.07. The van der Waals surface area contributed by atoms with Gasteiger partial charge in [0.15, 0.2) is 0 Å². The lowest BCUT2D eigenvalue weighted by Gasteiger charge is -2.21. The van der Waals surface area contributed by atoms with Crippen LogP contribution in [0.3, 0.4) is 0 Å². The van der Waals surface area contributed by atoms with Crippen LogP contribution < -0.4 is 5.56 Å². The van der Waals surface area contributed by atoms with Crippen LogP contribution in [-0.2, 0) is 17.8 Å². The molecule has 0 radical (unpaired) electrons. The van der Waals surface area contributed by atoms with Crippen molar-refractivity contribution in [2.45, 2.75) is 32.7 Å². The Morgan fingerprint density at radius 3 is 2.78 bits per heavy atom. The third kappa shape index (κ3) is 4.78. The molecule has 0 aliphatic heterocycles. The highest BCUT2D eigenvalue weighted by Crippen LogP contribution is 2.11. The number of hydrogen-bond acceptors (Lipinski definition) is 3. The number of para-hydroxylation sites is 1. The summed E-state index contributed by atoms with van der Waals surface area (Å²) < 4.78 is 13.3. The van der Waals surface area contributed by atoms with Gasteiger partial charge in [-0.05, 0) is 43.2 Å². The summed E-state index contributed by atoms with van der Waals surface area (Å²) in [6.45, 7) is 2.85. The maximum absolute atomic E-state index is 13.3. The molecule has 0 fully saturated rings.